The van der Waals surface area contributed by atoms with E-state index in [4.69, 9.17) is 4.74 Å². The topological polar surface area (TPSA) is 63.6 Å². The lowest BCUT2D eigenvalue weighted by Gasteiger charge is -2.07. The van der Waals surface area contributed by atoms with Crippen molar-refractivity contribution in [2.24, 2.45) is 17.3 Å². The minimum Gasteiger partial charge on any atom is -0.481 e. The summed E-state index contributed by atoms with van der Waals surface area (Å²) in [7, 11) is 0. The van der Waals surface area contributed by atoms with E-state index in [1.165, 1.54) is 11.8 Å². The van der Waals surface area contributed by atoms with Gasteiger partial charge >= 0.3 is 11.9 Å². The number of esters is 1. The summed E-state index contributed by atoms with van der Waals surface area (Å²) in [5.74, 6) is -1.82. The highest BCUT2D eigenvalue weighted by Gasteiger charge is 2.61. The van der Waals surface area contributed by atoms with Crippen molar-refractivity contribution in [1.82, 2.24) is 0 Å². The molecule has 5 heteroatoms. The Balaban J connectivity index is 2.24. The highest BCUT2D eigenvalue weighted by atomic mass is 32.2. The SMILES string of the molecule is CCOC(=O)C(=CC1C(C(=O)O)C1(C)C)Sc1ccccc1. The molecule has 2 unspecified atom stereocenters. The summed E-state index contributed by atoms with van der Waals surface area (Å²) in [5.41, 5.74) is -0.333. The number of allylic oxidation sites excluding steroid dienone is 1. The standard InChI is InChI=1S/C17H20O4S/c1-4-21-16(20)13(22-11-8-6-5-7-9-11)10-12-14(15(18)19)17(12,2)3/h5-10,12,14H,4H2,1-3H3,(H,18,19). The fraction of sp³-hybridized carbons (Fsp3) is 0.412. The lowest BCUT2D eigenvalue weighted by Crippen LogP contribution is -2.06. The maximum absolute atomic E-state index is 12.1. The number of hydrogen-bond donors (Lipinski definition) is 1. The van der Waals surface area contributed by atoms with Crippen LogP contribution in [0.15, 0.2) is 46.2 Å². The molecule has 0 aliphatic heterocycles. The van der Waals surface area contributed by atoms with Gasteiger partial charge in [0.05, 0.1) is 17.4 Å². The maximum atomic E-state index is 12.1. The van der Waals surface area contributed by atoms with Crippen LogP contribution in [-0.4, -0.2) is 23.7 Å². The second kappa shape index (κ2) is 6.57. The van der Waals surface area contributed by atoms with Crippen molar-refractivity contribution in [3.05, 3.63) is 41.3 Å². The van der Waals surface area contributed by atoms with E-state index in [1.54, 1.807) is 13.0 Å². The Bertz CT molecular complexity index is 592. The minimum atomic E-state index is -0.820. The molecule has 1 aliphatic carbocycles. The van der Waals surface area contributed by atoms with Crippen molar-refractivity contribution in [1.29, 1.82) is 0 Å². The van der Waals surface area contributed by atoms with E-state index >= 15 is 0 Å². The molecule has 0 spiro atoms. The molecule has 1 aromatic rings. The van der Waals surface area contributed by atoms with Gasteiger partial charge in [0.2, 0.25) is 0 Å². The number of benzene rings is 1. The van der Waals surface area contributed by atoms with E-state index in [2.05, 4.69) is 0 Å². The molecule has 4 nitrogen and oxygen atoms in total. The molecule has 0 amide bonds. The summed E-state index contributed by atoms with van der Waals surface area (Å²) >= 11 is 1.31. The summed E-state index contributed by atoms with van der Waals surface area (Å²) in [5, 5.41) is 9.25. The minimum absolute atomic E-state index is 0.152. The van der Waals surface area contributed by atoms with Crippen molar-refractivity contribution >= 4 is 23.7 Å². The monoisotopic (exact) mass is 320 g/mol. The molecule has 2 atom stereocenters. The Labute approximate surface area is 134 Å². The first-order chi connectivity index (χ1) is 10.4. The Morgan fingerprint density at radius 3 is 2.45 bits per heavy atom. The molecular weight excluding hydrogens is 300 g/mol. The summed E-state index contributed by atoms with van der Waals surface area (Å²) in [4.78, 5) is 24.8. The van der Waals surface area contributed by atoms with Crippen LogP contribution in [0.25, 0.3) is 0 Å². The van der Waals surface area contributed by atoms with Crippen molar-refractivity contribution in [2.75, 3.05) is 6.61 Å². The fourth-order valence-corrected chi connectivity index (χ4v) is 3.49. The summed E-state index contributed by atoms with van der Waals surface area (Å²) < 4.78 is 5.09. The third-order valence-corrected chi connectivity index (χ3v) is 4.99. The molecule has 0 bridgehead atoms. The molecule has 1 aromatic carbocycles. The molecule has 2 rings (SSSR count). The first-order valence-corrected chi connectivity index (χ1v) is 8.04. The first-order valence-electron chi connectivity index (χ1n) is 7.22. The van der Waals surface area contributed by atoms with Gasteiger partial charge in [0.1, 0.15) is 0 Å². The Kier molecular flexibility index (Phi) is 4.96. The van der Waals surface area contributed by atoms with Gasteiger partial charge in [-0.2, -0.15) is 0 Å². The van der Waals surface area contributed by atoms with E-state index in [0.717, 1.165) is 4.90 Å². The molecule has 1 aliphatic rings. The number of aliphatic carboxylic acids is 1. The molecule has 118 valence electrons. The molecular formula is C17H20O4S. The van der Waals surface area contributed by atoms with Gasteiger partial charge in [-0.15, -0.1) is 0 Å². The zero-order valence-corrected chi connectivity index (χ0v) is 13.7. The van der Waals surface area contributed by atoms with Crippen molar-refractivity contribution in [3.8, 4) is 0 Å². The zero-order chi connectivity index (χ0) is 16.3. The average Bonchev–Trinajstić information content (AvgIpc) is 3.01. The van der Waals surface area contributed by atoms with Crippen LogP contribution < -0.4 is 0 Å². The van der Waals surface area contributed by atoms with E-state index in [1.807, 2.05) is 44.2 Å². The third kappa shape index (κ3) is 3.53. The second-order valence-corrected chi connectivity index (χ2v) is 6.94. The van der Waals surface area contributed by atoms with Crippen molar-refractivity contribution < 1.29 is 19.4 Å². The number of carboxylic acids is 1. The number of rotatable bonds is 6. The lowest BCUT2D eigenvalue weighted by atomic mass is 10.1. The number of carboxylic acid groups (broad SMARTS) is 1. The summed E-state index contributed by atoms with van der Waals surface area (Å²) in [6.07, 6.45) is 1.76. The first kappa shape index (κ1) is 16.6. The highest BCUT2D eigenvalue weighted by molar-refractivity contribution is 8.04. The lowest BCUT2D eigenvalue weighted by molar-refractivity contribution is -0.140. The van der Waals surface area contributed by atoms with E-state index in [-0.39, 0.29) is 11.3 Å². The van der Waals surface area contributed by atoms with Gasteiger partial charge < -0.3 is 9.84 Å². The van der Waals surface area contributed by atoms with Crippen LogP contribution in [-0.2, 0) is 14.3 Å². The second-order valence-electron chi connectivity index (χ2n) is 5.83. The number of carbonyl (C=O) groups is 2. The fourth-order valence-electron chi connectivity index (χ4n) is 2.58. The largest absolute Gasteiger partial charge is 0.481 e. The number of ether oxygens (including phenoxy) is 1. The highest BCUT2D eigenvalue weighted by Crippen LogP contribution is 2.59. The smallest absolute Gasteiger partial charge is 0.344 e. The van der Waals surface area contributed by atoms with Gasteiger partial charge in [0.15, 0.2) is 0 Å². The molecule has 1 fully saturated rings. The Morgan fingerprint density at radius 1 is 1.32 bits per heavy atom. The van der Waals surface area contributed by atoms with E-state index < -0.39 is 17.9 Å². The van der Waals surface area contributed by atoms with Crippen molar-refractivity contribution in [3.63, 3.8) is 0 Å². The predicted octanol–water partition coefficient (Wildman–Crippen LogP) is 3.58. The third-order valence-electron chi connectivity index (χ3n) is 3.96. The average molecular weight is 320 g/mol. The predicted molar refractivity (Wildman–Crippen MR) is 85.4 cm³/mol. The van der Waals surface area contributed by atoms with Gasteiger partial charge in [-0.1, -0.05) is 49.9 Å². The van der Waals surface area contributed by atoms with Gasteiger partial charge in [-0.25, -0.2) is 4.79 Å². The molecule has 22 heavy (non-hydrogen) atoms. The normalized spacial score (nSPS) is 23.0. The van der Waals surface area contributed by atoms with Gasteiger partial charge in [-0.05, 0) is 30.4 Å². The van der Waals surface area contributed by atoms with E-state index in [0.29, 0.717) is 11.5 Å². The van der Waals surface area contributed by atoms with Crippen LogP contribution >= 0.6 is 11.8 Å². The van der Waals surface area contributed by atoms with Crippen LogP contribution in [0.3, 0.4) is 0 Å². The molecule has 1 saturated carbocycles. The number of hydrogen-bond acceptors (Lipinski definition) is 4. The zero-order valence-electron chi connectivity index (χ0n) is 12.9. The summed E-state index contributed by atoms with van der Waals surface area (Å²) in [6, 6.07) is 9.51. The van der Waals surface area contributed by atoms with Crippen molar-refractivity contribution in [2.45, 2.75) is 25.7 Å². The van der Waals surface area contributed by atoms with Crippen LogP contribution in [0.4, 0.5) is 0 Å². The maximum Gasteiger partial charge on any atom is 0.344 e. The van der Waals surface area contributed by atoms with Gasteiger partial charge in [-0.3, -0.25) is 4.79 Å². The van der Waals surface area contributed by atoms with E-state index in [9.17, 15) is 14.7 Å². The Morgan fingerprint density at radius 2 is 1.95 bits per heavy atom. The molecule has 0 radical (unpaired) electrons. The van der Waals surface area contributed by atoms with Gasteiger partial charge in [0, 0.05) is 4.90 Å². The summed E-state index contributed by atoms with van der Waals surface area (Å²) in [6.45, 7) is 5.86. The number of thioether (sulfide) groups is 1. The molecule has 1 N–H and O–H groups in total. The molecule has 0 heterocycles. The molecule has 0 aromatic heterocycles. The Hall–Kier alpha value is -1.75. The van der Waals surface area contributed by atoms with Gasteiger partial charge in [0.25, 0.3) is 0 Å². The quantitative estimate of drug-likeness (QED) is 0.493. The molecule has 0 saturated heterocycles. The van der Waals surface area contributed by atoms with Crippen LogP contribution in [0.5, 0.6) is 0 Å². The van der Waals surface area contributed by atoms with Crippen LogP contribution in [0, 0.1) is 17.3 Å². The van der Waals surface area contributed by atoms with Crippen LogP contribution in [0.2, 0.25) is 0 Å². The number of carbonyl (C=O) groups excluding carboxylic acids is 1. The van der Waals surface area contributed by atoms with Crippen LogP contribution in [0.1, 0.15) is 20.8 Å².